The summed E-state index contributed by atoms with van der Waals surface area (Å²) in [6.07, 6.45) is 7.22. The predicted octanol–water partition coefficient (Wildman–Crippen LogP) is 1.42. The molecule has 24 heavy (non-hydrogen) atoms. The molecule has 0 bridgehead atoms. The van der Waals surface area contributed by atoms with Crippen LogP contribution in [0.5, 0.6) is 0 Å². The van der Waals surface area contributed by atoms with E-state index in [1.807, 2.05) is 18.0 Å². The van der Waals surface area contributed by atoms with Crippen LogP contribution in [-0.2, 0) is 0 Å². The van der Waals surface area contributed by atoms with Crippen molar-refractivity contribution in [3.05, 3.63) is 47.8 Å². The van der Waals surface area contributed by atoms with E-state index in [9.17, 15) is 9.59 Å². The van der Waals surface area contributed by atoms with Gasteiger partial charge in [0.25, 0.3) is 11.8 Å². The van der Waals surface area contributed by atoms with Crippen LogP contribution >= 0.6 is 0 Å². The van der Waals surface area contributed by atoms with Crippen LogP contribution in [0.4, 0.5) is 0 Å². The molecule has 1 atom stereocenters. The summed E-state index contributed by atoms with van der Waals surface area (Å²) in [7, 11) is 1.55. The second kappa shape index (κ2) is 6.82. The first-order chi connectivity index (χ1) is 11.6. The Hall–Kier alpha value is -2.70. The lowest BCUT2D eigenvalue weighted by Crippen LogP contribution is -2.40. The second-order valence-corrected chi connectivity index (χ2v) is 5.94. The second-order valence-electron chi connectivity index (χ2n) is 5.94. The fourth-order valence-corrected chi connectivity index (χ4v) is 3.11. The van der Waals surface area contributed by atoms with E-state index in [1.165, 1.54) is 6.20 Å². The Morgan fingerprint density at radius 3 is 2.75 bits per heavy atom. The largest absolute Gasteiger partial charge is 0.354 e. The number of carbonyl (C=O) groups excluding carboxylic acids is 2. The number of nitrogens with zero attached hydrogens (tertiary/aromatic N) is 4. The van der Waals surface area contributed by atoms with Gasteiger partial charge in [-0.1, -0.05) is 0 Å². The molecule has 2 amide bonds. The number of hydrogen-bond donors (Lipinski definition) is 1. The zero-order chi connectivity index (χ0) is 17.1. The lowest BCUT2D eigenvalue weighted by atomic mass is 10.0. The number of hydrogen-bond acceptors (Lipinski definition) is 4. The van der Waals surface area contributed by atoms with Gasteiger partial charge in [-0.05, 0) is 31.9 Å². The monoisotopic (exact) mass is 327 g/mol. The maximum absolute atomic E-state index is 12.7. The van der Waals surface area contributed by atoms with Crippen molar-refractivity contribution in [1.29, 1.82) is 0 Å². The minimum absolute atomic E-state index is 0.0478. The molecule has 3 heterocycles. The minimum atomic E-state index is -0.261. The fourth-order valence-electron chi connectivity index (χ4n) is 3.11. The van der Waals surface area contributed by atoms with Crippen molar-refractivity contribution in [2.75, 3.05) is 20.1 Å². The van der Waals surface area contributed by atoms with Crippen LogP contribution in [0.3, 0.4) is 0 Å². The van der Waals surface area contributed by atoms with E-state index >= 15 is 0 Å². The summed E-state index contributed by atoms with van der Waals surface area (Å²) in [5.41, 5.74) is 0.810. The number of piperidine rings is 1. The number of amides is 2. The van der Waals surface area contributed by atoms with Gasteiger partial charge in [-0.15, -0.1) is 0 Å². The van der Waals surface area contributed by atoms with Gasteiger partial charge in [-0.2, -0.15) is 0 Å². The van der Waals surface area contributed by atoms with Crippen molar-refractivity contribution in [2.45, 2.75) is 25.8 Å². The highest BCUT2D eigenvalue weighted by atomic mass is 16.2. The van der Waals surface area contributed by atoms with E-state index in [0.717, 1.165) is 25.2 Å². The standard InChI is InChI=1S/C17H21N5O2/c1-12-19-7-9-22(12)14-4-3-8-21(11-14)17(24)13-5-6-15(20-10-13)16(23)18-2/h5-7,9-10,14H,3-4,8,11H2,1-2H3,(H,18,23)/t14-/m0/s1. The smallest absolute Gasteiger partial charge is 0.269 e. The molecule has 1 aliphatic heterocycles. The molecule has 0 unspecified atom stereocenters. The van der Waals surface area contributed by atoms with E-state index in [1.54, 1.807) is 25.4 Å². The van der Waals surface area contributed by atoms with Crippen molar-refractivity contribution < 1.29 is 9.59 Å². The Bertz CT molecular complexity index is 738. The Labute approximate surface area is 140 Å². The number of likely N-dealkylation sites (tertiary alicyclic amines) is 1. The molecule has 7 nitrogen and oxygen atoms in total. The predicted molar refractivity (Wildman–Crippen MR) is 88.8 cm³/mol. The maximum atomic E-state index is 12.7. The van der Waals surface area contributed by atoms with E-state index in [-0.39, 0.29) is 17.9 Å². The van der Waals surface area contributed by atoms with Crippen LogP contribution in [0.15, 0.2) is 30.7 Å². The average molecular weight is 327 g/mol. The summed E-state index contributed by atoms with van der Waals surface area (Å²) in [4.78, 5) is 34.4. The fraction of sp³-hybridized carbons (Fsp3) is 0.412. The molecule has 2 aromatic heterocycles. The zero-order valence-electron chi connectivity index (χ0n) is 13.9. The van der Waals surface area contributed by atoms with E-state index in [0.29, 0.717) is 17.8 Å². The molecular weight excluding hydrogens is 306 g/mol. The first-order valence-electron chi connectivity index (χ1n) is 8.07. The number of aromatic nitrogens is 3. The third-order valence-corrected chi connectivity index (χ3v) is 4.41. The van der Waals surface area contributed by atoms with Crippen LogP contribution in [0, 0.1) is 6.92 Å². The van der Waals surface area contributed by atoms with Gasteiger partial charge in [0.1, 0.15) is 11.5 Å². The van der Waals surface area contributed by atoms with Gasteiger partial charge in [0.2, 0.25) is 0 Å². The van der Waals surface area contributed by atoms with Crippen molar-refractivity contribution >= 4 is 11.8 Å². The van der Waals surface area contributed by atoms with Crippen LogP contribution < -0.4 is 5.32 Å². The first kappa shape index (κ1) is 16.2. The molecule has 1 aliphatic rings. The van der Waals surface area contributed by atoms with Gasteiger partial charge in [0.15, 0.2) is 0 Å². The van der Waals surface area contributed by atoms with E-state index < -0.39 is 0 Å². The Balaban J connectivity index is 1.72. The molecule has 1 N–H and O–H groups in total. The van der Waals surface area contributed by atoms with Gasteiger partial charge < -0.3 is 14.8 Å². The lowest BCUT2D eigenvalue weighted by molar-refractivity contribution is 0.0677. The molecule has 0 spiro atoms. The van der Waals surface area contributed by atoms with Crippen LogP contribution in [0.1, 0.15) is 45.6 Å². The van der Waals surface area contributed by atoms with Crippen molar-refractivity contribution in [3.63, 3.8) is 0 Å². The SMILES string of the molecule is CNC(=O)c1ccc(C(=O)N2CCC[C@H](n3ccnc3C)C2)cn1. The molecule has 126 valence electrons. The van der Waals surface area contributed by atoms with Crippen molar-refractivity contribution in [2.24, 2.45) is 0 Å². The Kier molecular flexibility index (Phi) is 4.59. The number of rotatable bonds is 3. The summed E-state index contributed by atoms with van der Waals surface area (Å²) in [5.74, 6) is 0.655. The summed E-state index contributed by atoms with van der Waals surface area (Å²) < 4.78 is 2.13. The Morgan fingerprint density at radius 2 is 2.12 bits per heavy atom. The molecule has 0 saturated carbocycles. The molecule has 1 saturated heterocycles. The topological polar surface area (TPSA) is 80.1 Å². The van der Waals surface area contributed by atoms with E-state index in [4.69, 9.17) is 0 Å². The number of pyridine rings is 1. The summed E-state index contributed by atoms with van der Waals surface area (Å²) in [6, 6.07) is 3.49. The molecule has 1 fully saturated rings. The first-order valence-corrected chi connectivity index (χ1v) is 8.07. The van der Waals surface area contributed by atoms with Gasteiger partial charge in [0.05, 0.1) is 11.6 Å². The van der Waals surface area contributed by atoms with Crippen LogP contribution in [0.25, 0.3) is 0 Å². The number of imidazole rings is 1. The summed E-state index contributed by atoms with van der Waals surface area (Å²) in [6.45, 7) is 3.37. The van der Waals surface area contributed by atoms with Crippen molar-refractivity contribution in [3.8, 4) is 0 Å². The molecule has 7 heteroatoms. The molecular formula is C17H21N5O2. The number of carbonyl (C=O) groups is 2. The minimum Gasteiger partial charge on any atom is -0.354 e. The van der Waals surface area contributed by atoms with Crippen LogP contribution in [0.2, 0.25) is 0 Å². The lowest BCUT2D eigenvalue weighted by Gasteiger charge is -2.34. The number of nitrogens with one attached hydrogen (secondary N) is 1. The molecule has 3 rings (SSSR count). The van der Waals surface area contributed by atoms with Gasteiger partial charge in [0, 0.05) is 38.7 Å². The van der Waals surface area contributed by atoms with Gasteiger partial charge in [-0.3, -0.25) is 14.6 Å². The van der Waals surface area contributed by atoms with Crippen molar-refractivity contribution in [1.82, 2.24) is 24.8 Å². The quantitative estimate of drug-likeness (QED) is 0.924. The maximum Gasteiger partial charge on any atom is 0.269 e. The zero-order valence-corrected chi connectivity index (χ0v) is 13.9. The molecule has 0 radical (unpaired) electrons. The molecule has 0 aromatic carbocycles. The third-order valence-electron chi connectivity index (χ3n) is 4.41. The normalized spacial score (nSPS) is 17.6. The molecule has 2 aromatic rings. The average Bonchev–Trinajstić information content (AvgIpc) is 3.06. The number of aryl methyl sites for hydroxylation is 1. The highest BCUT2D eigenvalue weighted by molar-refractivity contribution is 5.96. The van der Waals surface area contributed by atoms with E-state index in [2.05, 4.69) is 19.9 Å². The highest BCUT2D eigenvalue weighted by Crippen LogP contribution is 2.23. The van der Waals surface area contributed by atoms with Crippen LogP contribution in [-0.4, -0.2) is 51.4 Å². The summed E-state index contributed by atoms with van der Waals surface area (Å²) in [5, 5.41) is 2.51. The van der Waals surface area contributed by atoms with Gasteiger partial charge in [-0.25, -0.2) is 4.98 Å². The molecule has 0 aliphatic carbocycles. The Morgan fingerprint density at radius 1 is 1.29 bits per heavy atom. The third kappa shape index (κ3) is 3.15. The van der Waals surface area contributed by atoms with Gasteiger partial charge >= 0.3 is 0 Å². The highest BCUT2D eigenvalue weighted by Gasteiger charge is 2.26. The summed E-state index contributed by atoms with van der Waals surface area (Å²) >= 11 is 0.